The third kappa shape index (κ3) is 9.33. The molecule has 1 aromatic carbocycles. The second kappa shape index (κ2) is 12.4. The Morgan fingerprint density at radius 2 is 1.74 bits per heavy atom. The van der Waals surface area contributed by atoms with Crippen LogP contribution in [0.2, 0.25) is 0 Å². The predicted molar refractivity (Wildman–Crippen MR) is 96.6 cm³/mol. The quantitative estimate of drug-likeness (QED) is 0.443. The molecule has 0 aliphatic carbocycles. The molecule has 0 aromatic heterocycles. The van der Waals surface area contributed by atoms with Crippen molar-refractivity contribution in [2.24, 2.45) is 0 Å². The first-order chi connectivity index (χ1) is 14.5. The Bertz CT molecular complexity index is 781. The van der Waals surface area contributed by atoms with Crippen LogP contribution < -0.4 is 10.1 Å². The fraction of sp³-hybridized carbons (Fsp3) is 0.389. The first-order valence-electron chi connectivity index (χ1n) is 8.72. The monoisotopic (exact) mass is 452 g/mol. The molecule has 1 heterocycles. The zero-order valence-electron chi connectivity index (χ0n) is 16.2. The number of rotatable bonds is 6. The number of carboxylic acid groups (broad SMARTS) is 2. The zero-order valence-corrected chi connectivity index (χ0v) is 16.2. The summed E-state index contributed by atoms with van der Waals surface area (Å²) in [6.07, 6.45) is 0.427. The molecule has 1 aliphatic rings. The van der Waals surface area contributed by atoms with E-state index in [1.807, 2.05) is 6.92 Å². The Morgan fingerprint density at radius 1 is 1.19 bits per heavy atom. The van der Waals surface area contributed by atoms with Crippen LogP contribution in [0.15, 0.2) is 24.3 Å². The van der Waals surface area contributed by atoms with Crippen LogP contribution in [0.25, 0.3) is 0 Å². The molecule has 1 unspecified atom stereocenters. The summed E-state index contributed by atoms with van der Waals surface area (Å²) < 4.78 is 60.4. The summed E-state index contributed by atoms with van der Waals surface area (Å²) in [6.45, 7) is -0.398. The summed E-state index contributed by atoms with van der Waals surface area (Å²) in [5.74, 6) is -5.40. The Kier molecular flexibility index (Phi) is 10.2. The van der Waals surface area contributed by atoms with Gasteiger partial charge in [0.2, 0.25) is 0 Å². The van der Waals surface area contributed by atoms with E-state index in [4.69, 9.17) is 14.9 Å². The predicted octanol–water partition coefficient (Wildman–Crippen LogP) is 2.21. The summed E-state index contributed by atoms with van der Waals surface area (Å²) >= 11 is 0. The number of alkyl halides is 2. The van der Waals surface area contributed by atoms with E-state index in [9.17, 15) is 31.9 Å². The highest BCUT2D eigenvalue weighted by molar-refractivity contribution is 5.89. The Balaban J connectivity index is 0.000000512. The van der Waals surface area contributed by atoms with Gasteiger partial charge in [-0.3, -0.25) is 0 Å². The molecule has 1 fully saturated rings. The number of hydrogen-bond acceptors (Lipinski definition) is 6. The van der Waals surface area contributed by atoms with Crippen molar-refractivity contribution >= 4 is 18.0 Å². The van der Waals surface area contributed by atoms with Gasteiger partial charge in [0.15, 0.2) is 0 Å². The maximum Gasteiger partial charge on any atom is 0.410 e. The Morgan fingerprint density at radius 3 is 2.19 bits per heavy atom. The van der Waals surface area contributed by atoms with Gasteiger partial charge in [0, 0.05) is 50.0 Å². The van der Waals surface area contributed by atoms with Crippen molar-refractivity contribution in [3.05, 3.63) is 41.5 Å². The van der Waals surface area contributed by atoms with Crippen LogP contribution in [0.1, 0.15) is 12.5 Å². The van der Waals surface area contributed by atoms with Gasteiger partial charge in [-0.2, -0.15) is 8.78 Å². The molecule has 13 heteroatoms. The highest BCUT2D eigenvalue weighted by Crippen LogP contribution is 2.23. The average Bonchev–Trinajstić information content (AvgIpc) is 2.66. The number of halogens is 4. The zero-order chi connectivity index (χ0) is 23.6. The van der Waals surface area contributed by atoms with E-state index in [0.717, 1.165) is 0 Å². The molecule has 31 heavy (non-hydrogen) atoms. The maximum atomic E-state index is 13.8. The maximum absolute atomic E-state index is 13.8. The van der Waals surface area contributed by atoms with Crippen LogP contribution in [-0.4, -0.2) is 65.4 Å². The van der Waals surface area contributed by atoms with Crippen LogP contribution in [0.4, 0.5) is 22.4 Å². The minimum Gasteiger partial charge on any atom is -0.478 e. The molecule has 2 rings (SSSR count). The van der Waals surface area contributed by atoms with Gasteiger partial charge in [-0.15, -0.1) is 0 Å². The fourth-order valence-electron chi connectivity index (χ4n) is 2.36. The summed E-state index contributed by atoms with van der Waals surface area (Å²) in [5, 5.41) is 18.7. The Hall–Kier alpha value is -3.35. The van der Waals surface area contributed by atoms with Crippen LogP contribution in [0.5, 0.6) is 5.75 Å². The van der Waals surface area contributed by atoms with Crippen LogP contribution in [0, 0.1) is 11.6 Å². The average molecular weight is 452 g/mol. The number of benzene rings is 1. The lowest BCUT2D eigenvalue weighted by molar-refractivity contribution is -0.134. The lowest BCUT2D eigenvalue weighted by atomic mass is 10.2. The lowest BCUT2D eigenvalue weighted by Gasteiger charge is -2.33. The lowest BCUT2D eigenvalue weighted by Crippen LogP contribution is -2.52. The number of ether oxygens (including phenoxy) is 2. The van der Waals surface area contributed by atoms with Gasteiger partial charge in [0.1, 0.15) is 24.0 Å². The van der Waals surface area contributed by atoms with Crippen LogP contribution in [-0.2, 0) is 20.9 Å². The number of nitrogens with zero attached hydrogens (tertiary/aromatic N) is 1. The van der Waals surface area contributed by atoms with E-state index < -0.39 is 54.2 Å². The number of nitrogens with one attached hydrogen (secondary N) is 1. The molecule has 1 aromatic rings. The first-order valence-corrected chi connectivity index (χ1v) is 8.72. The molecule has 1 saturated heterocycles. The van der Waals surface area contributed by atoms with Crippen LogP contribution in [0.3, 0.4) is 0 Å². The van der Waals surface area contributed by atoms with E-state index in [1.165, 1.54) is 4.90 Å². The first kappa shape index (κ1) is 25.7. The fourth-order valence-corrected chi connectivity index (χ4v) is 2.36. The molecule has 1 atom stereocenters. The minimum absolute atomic E-state index is 0.104. The highest BCUT2D eigenvalue weighted by Gasteiger charge is 2.25. The van der Waals surface area contributed by atoms with Gasteiger partial charge >= 0.3 is 24.6 Å². The largest absolute Gasteiger partial charge is 0.478 e. The molecule has 1 amide bonds. The van der Waals surface area contributed by atoms with E-state index in [-0.39, 0.29) is 6.04 Å². The van der Waals surface area contributed by atoms with E-state index >= 15 is 0 Å². The number of carbonyl (C=O) groups excluding carboxylic acids is 1. The van der Waals surface area contributed by atoms with E-state index in [0.29, 0.717) is 43.9 Å². The van der Waals surface area contributed by atoms with Crippen molar-refractivity contribution in [3.63, 3.8) is 0 Å². The standard InChI is InChI=1S/C14H16F4N2O3.C4H4O4/c1-8-6-19-2-3-20(8)14(21)22-7-10-11(15)4-9(5-12(10)16)23-13(17)18;5-3(6)1-2-4(7)8/h4-5,8,13,19H,2-3,6-7H2,1H3;1-2H,(H,5,6)(H,7,8). The molecule has 3 N–H and O–H groups in total. The highest BCUT2D eigenvalue weighted by atomic mass is 19.3. The number of aliphatic carboxylic acids is 2. The second-order valence-electron chi connectivity index (χ2n) is 6.05. The van der Waals surface area contributed by atoms with Gasteiger partial charge in [-0.25, -0.2) is 23.2 Å². The molecule has 0 saturated carbocycles. The Labute approximate surface area is 173 Å². The SMILES string of the molecule is CC1CNCCN1C(=O)OCc1c(F)cc(OC(F)F)cc1F.O=C(O)C=CC(=O)O. The number of carboxylic acids is 2. The summed E-state index contributed by atoms with van der Waals surface area (Å²) in [4.78, 5) is 32.5. The third-order valence-corrected chi connectivity index (χ3v) is 3.78. The van der Waals surface area contributed by atoms with Gasteiger partial charge in [-0.1, -0.05) is 0 Å². The molecule has 1 aliphatic heterocycles. The smallest absolute Gasteiger partial charge is 0.410 e. The van der Waals surface area contributed by atoms with E-state index in [1.54, 1.807) is 0 Å². The van der Waals surface area contributed by atoms with Crippen molar-refractivity contribution in [2.45, 2.75) is 26.2 Å². The normalized spacial score (nSPS) is 15.9. The molecule has 9 nitrogen and oxygen atoms in total. The second-order valence-corrected chi connectivity index (χ2v) is 6.05. The minimum atomic E-state index is -3.19. The molecule has 172 valence electrons. The van der Waals surface area contributed by atoms with E-state index in [2.05, 4.69) is 10.1 Å². The van der Waals surface area contributed by atoms with Gasteiger partial charge in [0.05, 0.1) is 5.56 Å². The van der Waals surface area contributed by atoms with Crippen LogP contribution >= 0.6 is 0 Å². The van der Waals surface area contributed by atoms with Gasteiger partial charge < -0.3 is 29.9 Å². The number of amides is 1. The van der Waals surface area contributed by atoms with Crippen molar-refractivity contribution < 1.29 is 51.6 Å². The van der Waals surface area contributed by atoms with Gasteiger partial charge in [0.25, 0.3) is 0 Å². The van der Waals surface area contributed by atoms with Gasteiger partial charge in [-0.05, 0) is 6.92 Å². The van der Waals surface area contributed by atoms with Crippen molar-refractivity contribution in [2.75, 3.05) is 19.6 Å². The van der Waals surface area contributed by atoms with Crippen molar-refractivity contribution in [3.8, 4) is 5.75 Å². The molecular weight excluding hydrogens is 432 g/mol. The van der Waals surface area contributed by atoms with Crippen molar-refractivity contribution in [1.29, 1.82) is 0 Å². The number of hydrogen-bond donors (Lipinski definition) is 3. The van der Waals surface area contributed by atoms with Crippen molar-refractivity contribution in [1.82, 2.24) is 10.2 Å². The molecule has 0 radical (unpaired) electrons. The molecular formula is C18H20F4N2O7. The summed E-state index contributed by atoms with van der Waals surface area (Å²) in [7, 11) is 0. The number of carbonyl (C=O) groups is 3. The topological polar surface area (TPSA) is 125 Å². The number of piperazine rings is 1. The summed E-state index contributed by atoms with van der Waals surface area (Å²) in [6, 6.07) is 1.13. The molecule has 0 spiro atoms. The molecule has 0 bridgehead atoms. The third-order valence-electron chi connectivity index (χ3n) is 3.78. The summed E-state index contributed by atoms with van der Waals surface area (Å²) in [5.41, 5.74) is -0.525.